The van der Waals surface area contributed by atoms with E-state index in [1.54, 1.807) is 0 Å². The highest BCUT2D eigenvalue weighted by molar-refractivity contribution is 5.69. The summed E-state index contributed by atoms with van der Waals surface area (Å²) < 4.78 is 4.79. The number of H-pyrrole nitrogens is 3. The molecule has 2 aromatic rings. The molecule has 2 aromatic heterocycles. The molecule has 0 bridgehead atoms. The van der Waals surface area contributed by atoms with Crippen LogP contribution in [0.15, 0.2) is 15.9 Å². The van der Waals surface area contributed by atoms with Crippen LogP contribution in [0.2, 0.25) is 0 Å². The summed E-state index contributed by atoms with van der Waals surface area (Å²) >= 11 is 0. The van der Waals surface area contributed by atoms with Crippen LogP contribution in [0, 0.1) is 0 Å². The average molecular weight is 282 g/mol. The monoisotopic (exact) mass is 282 g/mol. The van der Waals surface area contributed by atoms with Gasteiger partial charge >= 0.3 is 11.7 Å². The molecule has 0 aliphatic heterocycles. The quantitative estimate of drug-likeness (QED) is 0.712. The number of imidazole rings is 1. The Hall–Kier alpha value is -2.38. The van der Waals surface area contributed by atoms with Crippen LogP contribution in [-0.2, 0) is 9.53 Å². The molecule has 0 spiro atoms. The molecule has 0 amide bonds. The van der Waals surface area contributed by atoms with E-state index in [2.05, 4.69) is 19.9 Å². The van der Waals surface area contributed by atoms with Crippen LogP contribution in [0.5, 0.6) is 0 Å². The SMILES string of the molecule is CCCOC(=O)CCC.O=c1[nH]c(=O)c2[nH]cnc2[nH]1. The number of nitrogens with zero attached hydrogens (tertiary/aromatic N) is 1. The van der Waals surface area contributed by atoms with Crippen LogP contribution in [-0.4, -0.2) is 32.5 Å². The van der Waals surface area contributed by atoms with Crippen LogP contribution >= 0.6 is 0 Å². The van der Waals surface area contributed by atoms with Crippen LogP contribution < -0.4 is 11.2 Å². The molecular weight excluding hydrogens is 264 g/mol. The first-order valence-corrected chi connectivity index (χ1v) is 6.39. The first-order valence-electron chi connectivity index (χ1n) is 6.39. The molecule has 2 heterocycles. The zero-order valence-electron chi connectivity index (χ0n) is 11.5. The largest absolute Gasteiger partial charge is 0.466 e. The van der Waals surface area contributed by atoms with E-state index in [0.29, 0.717) is 13.0 Å². The lowest BCUT2D eigenvalue weighted by atomic mass is 10.3. The summed E-state index contributed by atoms with van der Waals surface area (Å²) in [4.78, 5) is 42.8. The second-order valence-electron chi connectivity index (χ2n) is 4.00. The Bertz CT molecular complexity index is 655. The van der Waals surface area contributed by atoms with Gasteiger partial charge in [0.2, 0.25) is 0 Å². The molecule has 0 aliphatic rings. The lowest BCUT2D eigenvalue weighted by molar-refractivity contribution is -0.143. The molecule has 0 fully saturated rings. The Kier molecular flexibility index (Phi) is 6.21. The number of hydrogen-bond donors (Lipinski definition) is 3. The van der Waals surface area contributed by atoms with Crippen molar-refractivity contribution in [2.45, 2.75) is 33.1 Å². The Morgan fingerprint density at radius 1 is 1.25 bits per heavy atom. The highest BCUT2D eigenvalue weighted by Gasteiger charge is 2.00. The number of ether oxygens (including phenoxy) is 1. The fourth-order valence-corrected chi connectivity index (χ4v) is 1.36. The number of nitrogens with one attached hydrogen (secondary N) is 3. The van der Waals surface area contributed by atoms with Gasteiger partial charge in [-0.05, 0) is 12.8 Å². The van der Waals surface area contributed by atoms with E-state index >= 15 is 0 Å². The van der Waals surface area contributed by atoms with Crippen LogP contribution in [0.25, 0.3) is 11.2 Å². The number of carbonyl (C=O) groups excluding carboxylic acids is 1. The Labute approximate surface area is 114 Å². The topological polar surface area (TPSA) is 121 Å². The Morgan fingerprint density at radius 3 is 2.65 bits per heavy atom. The van der Waals surface area contributed by atoms with Crippen molar-refractivity contribution in [3.8, 4) is 0 Å². The third-order valence-corrected chi connectivity index (χ3v) is 2.25. The second-order valence-corrected chi connectivity index (χ2v) is 4.00. The number of fused-ring (bicyclic) bond motifs is 1. The maximum absolute atomic E-state index is 10.9. The standard InChI is InChI=1S/C7H14O2.C5H4N4O2/c1-3-5-7(8)9-6-4-2;10-4-2-3(7-1-6-2)8-5(11)9-4/h3-6H2,1-2H3;1H,(H3,6,7,8,9,10,11). The highest BCUT2D eigenvalue weighted by atomic mass is 16.5. The van der Waals surface area contributed by atoms with Crippen molar-refractivity contribution in [3.05, 3.63) is 27.2 Å². The molecule has 0 aliphatic carbocycles. The van der Waals surface area contributed by atoms with Gasteiger partial charge < -0.3 is 9.72 Å². The average Bonchev–Trinajstić information content (AvgIpc) is 2.86. The van der Waals surface area contributed by atoms with Crippen molar-refractivity contribution in [3.63, 3.8) is 0 Å². The van der Waals surface area contributed by atoms with Crippen molar-refractivity contribution in [2.24, 2.45) is 0 Å². The summed E-state index contributed by atoms with van der Waals surface area (Å²) in [5, 5.41) is 0. The number of carbonyl (C=O) groups is 1. The second kappa shape index (κ2) is 7.93. The minimum Gasteiger partial charge on any atom is -0.466 e. The van der Waals surface area contributed by atoms with Gasteiger partial charge in [0, 0.05) is 6.42 Å². The predicted octanol–water partition coefficient (Wildman–Crippen LogP) is 0.679. The number of aromatic amines is 3. The fourth-order valence-electron chi connectivity index (χ4n) is 1.36. The van der Waals surface area contributed by atoms with E-state index in [1.807, 2.05) is 13.8 Å². The zero-order valence-corrected chi connectivity index (χ0v) is 11.5. The van der Waals surface area contributed by atoms with E-state index in [9.17, 15) is 14.4 Å². The molecule has 8 heteroatoms. The summed E-state index contributed by atoms with van der Waals surface area (Å²) in [5.41, 5.74) is -0.445. The van der Waals surface area contributed by atoms with E-state index in [-0.39, 0.29) is 17.1 Å². The summed E-state index contributed by atoms with van der Waals surface area (Å²) in [6.45, 7) is 4.52. The smallest absolute Gasteiger partial charge is 0.327 e. The van der Waals surface area contributed by atoms with E-state index in [1.165, 1.54) is 6.33 Å². The van der Waals surface area contributed by atoms with Crippen LogP contribution in [0.4, 0.5) is 0 Å². The van der Waals surface area contributed by atoms with Crippen molar-refractivity contribution in [1.29, 1.82) is 0 Å². The number of rotatable bonds is 4. The lowest BCUT2D eigenvalue weighted by Gasteiger charge is -1.99. The van der Waals surface area contributed by atoms with Gasteiger partial charge in [0.05, 0.1) is 12.9 Å². The molecule has 0 atom stereocenters. The first kappa shape index (κ1) is 15.7. The predicted molar refractivity (Wildman–Crippen MR) is 73.5 cm³/mol. The highest BCUT2D eigenvalue weighted by Crippen LogP contribution is 1.92. The summed E-state index contributed by atoms with van der Waals surface area (Å²) in [7, 11) is 0. The van der Waals surface area contributed by atoms with Crippen molar-refractivity contribution in [2.75, 3.05) is 6.61 Å². The van der Waals surface area contributed by atoms with Gasteiger partial charge in [0.15, 0.2) is 5.65 Å². The molecule has 0 aromatic carbocycles. The Morgan fingerprint density at radius 2 is 2.00 bits per heavy atom. The van der Waals surface area contributed by atoms with Gasteiger partial charge in [-0.2, -0.15) is 0 Å². The zero-order chi connectivity index (χ0) is 15.0. The molecule has 0 saturated carbocycles. The van der Waals surface area contributed by atoms with Crippen molar-refractivity contribution in [1.82, 2.24) is 19.9 Å². The molecule has 0 saturated heterocycles. The minimum atomic E-state index is -0.547. The molecule has 2 rings (SSSR count). The van der Waals surface area contributed by atoms with Gasteiger partial charge in [-0.15, -0.1) is 0 Å². The van der Waals surface area contributed by atoms with Gasteiger partial charge in [-0.25, -0.2) is 9.78 Å². The van der Waals surface area contributed by atoms with Gasteiger partial charge in [-0.3, -0.25) is 19.6 Å². The molecule has 20 heavy (non-hydrogen) atoms. The molecule has 3 N–H and O–H groups in total. The van der Waals surface area contributed by atoms with Crippen LogP contribution in [0.3, 0.4) is 0 Å². The van der Waals surface area contributed by atoms with Gasteiger partial charge in [-0.1, -0.05) is 13.8 Å². The molecular formula is C12H18N4O4. The van der Waals surface area contributed by atoms with E-state index < -0.39 is 11.2 Å². The van der Waals surface area contributed by atoms with Crippen LogP contribution in [0.1, 0.15) is 33.1 Å². The summed E-state index contributed by atoms with van der Waals surface area (Å²) in [5.74, 6) is -0.0700. The molecule has 8 nitrogen and oxygen atoms in total. The molecule has 0 unspecified atom stereocenters. The summed E-state index contributed by atoms with van der Waals surface area (Å²) in [6.07, 6.45) is 3.69. The maximum atomic E-state index is 10.9. The maximum Gasteiger partial charge on any atom is 0.327 e. The van der Waals surface area contributed by atoms with E-state index in [4.69, 9.17) is 4.74 Å². The van der Waals surface area contributed by atoms with Crippen molar-refractivity contribution >= 4 is 17.1 Å². The summed E-state index contributed by atoms with van der Waals surface area (Å²) in [6, 6.07) is 0. The molecule has 0 radical (unpaired) electrons. The fraction of sp³-hybridized carbons (Fsp3) is 0.500. The van der Waals surface area contributed by atoms with E-state index in [0.717, 1.165) is 12.8 Å². The number of aromatic nitrogens is 4. The molecule has 110 valence electrons. The minimum absolute atomic E-state index is 0.0700. The first-order chi connectivity index (χ1) is 9.58. The van der Waals surface area contributed by atoms with Gasteiger partial charge in [0.25, 0.3) is 5.56 Å². The normalized spacial score (nSPS) is 9.90. The number of hydrogen-bond acceptors (Lipinski definition) is 5. The number of esters is 1. The third-order valence-electron chi connectivity index (χ3n) is 2.25. The van der Waals surface area contributed by atoms with Gasteiger partial charge in [0.1, 0.15) is 5.52 Å². The Balaban J connectivity index is 0.000000206. The third kappa shape index (κ3) is 4.71. The van der Waals surface area contributed by atoms with Crippen molar-refractivity contribution < 1.29 is 9.53 Å². The lowest BCUT2D eigenvalue weighted by Crippen LogP contribution is -2.21.